The minimum absolute atomic E-state index is 0.176. The van der Waals surface area contributed by atoms with E-state index in [0.717, 1.165) is 18.6 Å². The highest BCUT2D eigenvalue weighted by Crippen LogP contribution is 2.15. The van der Waals surface area contributed by atoms with Crippen LogP contribution in [0.5, 0.6) is 0 Å². The van der Waals surface area contributed by atoms with Crippen LogP contribution in [-0.2, 0) is 25.7 Å². The highest BCUT2D eigenvalue weighted by Gasteiger charge is 2.21. The van der Waals surface area contributed by atoms with Gasteiger partial charge < -0.3 is 14.6 Å². The number of ether oxygens (including phenoxy) is 2. The van der Waals surface area contributed by atoms with Crippen LogP contribution in [0.2, 0.25) is 0 Å². The van der Waals surface area contributed by atoms with Gasteiger partial charge in [-0.2, -0.15) is 0 Å². The molecule has 1 N–H and O–H groups in total. The maximum absolute atomic E-state index is 11.6. The maximum Gasteiger partial charge on any atom is 0.333 e. The summed E-state index contributed by atoms with van der Waals surface area (Å²) in [6, 6.07) is 9.66. The van der Waals surface area contributed by atoms with Crippen LogP contribution in [0.1, 0.15) is 25.8 Å². The Morgan fingerprint density at radius 3 is 2.39 bits per heavy atom. The number of esters is 1. The van der Waals surface area contributed by atoms with Crippen molar-refractivity contribution in [2.75, 3.05) is 6.61 Å². The Morgan fingerprint density at radius 1 is 1.35 bits per heavy atom. The maximum atomic E-state index is 11.6. The number of benzene rings is 1. The van der Waals surface area contributed by atoms with E-state index in [9.17, 15) is 9.59 Å². The number of carbonyl (C=O) groups is 2. The number of hydrogen-bond donors (Lipinski definition) is 1. The molecule has 0 spiro atoms. The molecule has 2 rings (SSSR count). The number of epoxide rings is 1. The SMILES string of the molecule is C=C(C)C(=O)O.CC(=CCC1CO1)C(=O)OCc1ccccc1. The van der Waals surface area contributed by atoms with Crippen LogP contribution in [0.4, 0.5) is 0 Å². The van der Waals surface area contributed by atoms with Crippen molar-refractivity contribution in [3.8, 4) is 0 Å². The second-order valence-electron chi connectivity index (χ2n) is 5.23. The molecule has 1 fully saturated rings. The Kier molecular flexibility index (Phi) is 7.77. The van der Waals surface area contributed by atoms with Gasteiger partial charge >= 0.3 is 11.9 Å². The highest BCUT2D eigenvalue weighted by molar-refractivity contribution is 5.87. The third-order valence-corrected chi connectivity index (χ3v) is 2.99. The number of carboxylic acids is 1. The standard InChI is InChI=1S/C14H16O3.C4H6O2/c1-11(7-8-13-10-16-13)14(15)17-9-12-5-3-2-4-6-12;1-3(2)4(5)6/h2-7,13H,8-10H2,1H3;1H2,2H3,(H,5,6). The summed E-state index contributed by atoms with van der Waals surface area (Å²) in [6.07, 6.45) is 2.99. The molecule has 0 aliphatic carbocycles. The Morgan fingerprint density at radius 2 is 1.91 bits per heavy atom. The number of carboxylic acid groups (broad SMARTS) is 1. The monoisotopic (exact) mass is 318 g/mol. The molecule has 0 bridgehead atoms. The summed E-state index contributed by atoms with van der Waals surface area (Å²) >= 11 is 0. The predicted molar refractivity (Wildman–Crippen MR) is 86.8 cm³/mol. The van der Waals surface area contributed by atoms with E-state index in [1.54, 1.807) is 6.92 Å². The summed E-state index contributed by atoms with van der Waals surface area (Å²) in [4.78, 5) is 21.2. The van der Waals surface area contributed by atoms with Crippen LogP contribution in [-0.4, -0.2) is 29.8 Å². The molecule has 0 amide bonds. The van der Waals surface area contributed by atoms with E-state index >= 15 is 0 Å². The van der Waals surface area contributed by atoms with Gasteiger partial charge in [0.2, 0.25) is 0 Å². The molecule has 0 radical (unpaired) electrons. The van der Waals surface area contributed by atoms with E-state index in [1.807, 2.05) is 36.4 Å². The molecule has 1 aliphatic rings. The van der Waals surface area contributed by atoms with Gasteiger partial charge in [0, 0.05) is 11.1 Å². The first-order valence-electron chi connectivity index (χ1n) is 7.28. The lowest BCUT2D eigenvalue weighted by Crippen LogP contribution is -2.06. The van der Waals surface area contributed by atoms with E-state index in [2.05, 4.69) is 6.58 Å². The zero-order valence-corrected chi connectivity index (χ0v) is 13.5. The molecular weight excluding hydrogens is 296 g/mol. The van der Waals surface area contributed by atoms with Crippen molar-refractivity contribution >= 4 is 11.9 Å². The summed E-state index contributed by atoms with van der Waals surface area (Å²) in [5.74, 6) is -1.19. The highest BCUT2D eigenvalue weighted by atomic mass is 16.6. The molecule has 0 saturated carbocycles. The normalized spacial score (nSPS) is 15.9. The van der Waals surface area contributed by atoms with E-state index in [1.165, 1.54) is 6.92 Å². The van der Waals surface area contributed by atoms with Gasteiger partial charge in [-0.15, -0.1) is 0 Å². The molecule has 5 heteroatoms. The van der Waals surface area contributed by atoms with Crippen molar-refractivity contribution in [2.45, 2.75) is 33.0 Å². The third kappa shape index (κ3) is 8.58. The summed E-state index contributed by atoms with van der Waals surface area (Å²) < 4.78 is 10.3. The van der Waals surface area contributed by atoms with E-state index < -0.39 is 5.97 Å². The van der Waals surface area contributed by atoms with Crippen LogP contribution in [0.3, 0.4) is 0 Å². The minimum atomic E-state index is -0.935. The van der Waals surface area contributed by atoms with Crippen LogP contribution < -0.4 is 0 Å². The molecule has 23 heavy (non-hydrogen) atoms. The van der Waals surface area contributed by atoms with Crippen molar-refractivity contribution < 1.29 is 24.2 Å². The van der Waals surface area contributed by atoms with Gasteiger partial charge in [0.15, 0.2) is 0 Å². The predicted octanol–water partition coefficient (Wildman–Crippen LogP) is 3.11. The first-order valence-corrected chi connectivity index (χ1v) is 7.28. The fourth-order valence-electron chi connectivity index (χ4n) is 1.43. The molecule has 1 unspecified atom stereocenters. The largest absolute Gasteiger partial charge is 0.478 e. The van der Waals surface area contributed by atoms with Gasteiger partial charge in [-0.25, -0.2) is 9.59 Å². The van der Waals surface area contributed by atoms with Crippen molar-refractivity contribution in [2.24, 2.45) is 0 Å². The lowest BCUT2D eigenvalue weighted by Gasteiger charge is -2.04. The summed E-state index contributed by atoms with van der Waals surface area (Å²) in [5.41, 5.74) is 1.82. The average molecular weight is 318 g/mol. The fraction of sp³-hybridized carbons (Fsp3) is 0.333. The summed E-state index contributed by atoms with van der Waals surface area (Å²) in [5, 5.41) is 7.89. The molecular formula is C18H22O5. The summed E-state index contributed by atoms with van der Waals surface area (Å²) in [7, 11) is 0. The van der Waals surface area contributed by atoms with Crippen molar-refractivity contribution in [1.29, 1.82) is 0 Å². The molecule has 5 nitrogen and oxygen atoms in total. The average Bonchev–Trinajstić information content (AvgIpc) is 3.36. The van der Waals surface area contributed by atoms with Gasteiger partial charge in [-0.1, -0.05) is 43.0 Å². The Balaban J connectivity index is 0.000000379. The van der Waals surface area contributed by atoms with E-state index in [-0.39, 0.29) is 11.5 Å². The number of carbonyl (C=O) groups excluding carboxylic acids is 1. The van der Waals surface area contributed by atoms with Gasteiger partial charge in [0.1, 0.15) is 6.61 Å². The molecule has 1 aliphatic heterocycles. The van der Waals surface area contributed by atoms with Crippen molar-refractivity contribution in [3.63, 3.8) is 0 Å². The quantitative estimate of drug-likeness (QED) is 0.495. The second-order valence-corrected chi connectivity index (χ2v) is 5.23. The second kappa shape index (κ2) is 9.58. The Labute approximate surface area is 136 Å². The number of rotatable bonds is 6. The van der Waals surface area contributed by atoms with Crippen LogP contribution in [0.15, 0.2) is 54.1 Å². The van der Waals surface area contributed by atoms with Crippen LogP contribution in [0, 0.1) is 0 Å². The van der Waals surface area contributed by atoms with Gasteiger partial charge in [0.25, 0.3) is 0 Å². The molecule has 1 atom stereocenters. The van der Waals surface area contributed by atoms with Gasteiger partial charge in [-0.05, 0) is 25.8 Å². The first-order chi connectivity index (χ1) is 10.9. The number of aliphatic carboxylic acids is 1. The summed E-state index contributed by atoms with van der Waals surface area (Å²) in [6.45, 7) is 7.51. The first kappa shape index (κ1) is 18.6. The van der Waals surface area contributed by atoms with Crippen molar-refractivity contribution in [1.82, 2.24) is 0 Å². The van der Waals surface area contributed by atoms with Gasteiger partial charge in [-0.3, -0.25) is 0 Å². The zero-order chi connectivity index (χ0) is 17.2. The lowest BCUT2D eigenvalue weighted by atomic mass is 10.2. The Hall–Kier alpha value is -2.40. The van der Waals surface area contributed by atoms with Crippen LogP contribution >= 0.6 is 0 Å². The topological polar surface area (TPSA) is 76.1 Å². The van der Waals surface area contributed by atoms with Crippen LogP contribution in [0.25, 0.3) is 0 Å². The molecule has 0 aromatic heterocycles. The fourth-order valence-corrected chi connectivity index (χ4v) is 1.43. The molecule has 1 aromatic carbocycles. The zero-order valence-electron chi connectivity index (χ0n) is 13.5. The molecule has 1 aromatic rings. The minimum Gasteiger partial charge on any atom is -0.478 e. The Bertz CT molecular complexity index is 558. The third-order valence-electron chi connectivity index (χ3n) is 2.99. The van der Waals surface area contributed by atoms with E-state index in [0.29, 0.717) is 18.3 Å². The van der Waals surface area contributed by atoms with Gasteiger partial charge in [0.05, 0.1) is 12.7 Å². The molecule has 1 saturated heterocycles. The number of hydrogen-bond acceptors (Lipinski definition) is 4. The molecule has 124 valence electrons. The lowest BCUT2D eigenvalue weighted by molar-refractivity contribution is -0.140. The smallest absolute Gasteiger partial charge is 0.333 e. The molecule has 1 heterocycles. The van der Waals surface area contributed by atoms with E-state index in [4.69, 9.17) is 14.6 Å². The van der Waals surface area contributed by atoms with Crippen molar-refractivity contribution in [3.05, 3.63) is 59.7 Å².